The van der Waals surface area contributed by atoms with Crippen molar-refractivity contribution in [2.75, 3.05) is 0 Å². The first-order chi connectivity index (χ1) is 16.4. The Morgan fingerprint density at radius 1 is 1.15 bits per heavy atom. The Hall–Kier alpha value is -3.89. The molecule has 0 spiro atoms. The summed E-state index contributed by atoms with van der Waals surface area (Å²) in [5.74, 6) is 0.415. The van der Waals surface area contributed by atoms with Crippen LogP contribution in [0, 0.1) is 12.8 Å². The molecule has 178 valence electrons. The largest absolute Gasteiger partial charge is 0.493 e. The van der Waals surface area contributed by atoms with Gasteiger partial charge in [-0.3, -0.25) is 9.59 Å². The lowest BCUT2D eigenvalue weighted by Gasteiger charge is -2.28. The van der Waals surface area contributed by atoms with Crippen LogP contribution in [0.3, 0.4) is 0 Å². The molecule has 1 aliphatic carbocycles. The number of tetrazole rings is 1. The maximum absolute atomic E-state index is 12.6. The summed E-state index contributed by atoms with van der Waals surface area (Å²) in [5.41, 5.74) is 2.10. The molecule has 0 aliphatic heterocycles. The van der Waals surface area contributed by atoms with E-state index in [4.69, 9.17) is 0 Å². The van der Waals surface area contributed by atoms with E-state index in [0.717, 1.165) is 25.7 Å². The van der Waals surface area contributed by atoms with Gasteiger partial charge in [0, 0.05) is 30.3 Å². The van der Waals surface area contributed by atoms with Gasteiger partial charge in [-0.05, 0) is 61.9 Å². The molecule has 1 aliphatic rings. The molecule has 2 amide bonds. The van der Waals surface area contributed by atoms with E-state index in [0.29, 0.717) is 35.2 Å². The summed E-state index contributed by atoms with van der Waals surface area (Å²) in [4.78, 5) is 33.8. The van der Waals surface area contributed by atoms with E-state index in [1.807, 2.05) is 6.07 Å². The Balaban J connectivity index is 1.38. The lowest BCUT2D eigenvalue weighted by atomic mass is 9.86. The number of aromatic hydroxyl groups is 1. The number of carbonyl (C=O) groups is 2. The lowest BCUT2D eigenvalue weighted by Crippen LogP contribution is -2.36. The number of hydrogen-bond acceptors (Lipinski definition) is 8. The summed E-state index contributed by atoms with van der Waals surface area (Å²) in [6, 6.07) is 8.54. The number of aromatic nitrogens is 6. The highest BCUT2D eigenvalue weighted by Gasteiger charge is 2.23. The van der Waals surface area contributed by atoms with Crippen molar-refractivity contribution in [2.45, 2.75) is 58.7 Å². The summed E-state index contributed by atoms with van der Waals surface area (Å²) >= 11 is 0. The zero-order valence-electron chi connectivity index (χ0n) is 19.2. The Labute approximate surface area is 197 Å². The van der Waals surface area contributed by atoms with Crippen LogP contribution in [0.15, 0.2) is 30.3 Å². The number of amides is 2. The molecule has 0 radical (unpaired) electrons. The minimum Gasteiger partial charge on any atom is -0.493 e. The fourth-order valence-corrected chi connectivity index (χ4v) is 4.18. The van der Waals surface area contributed by atoms with Crippen molar-refractivity contribution in [3.63, 3.8) is 0 Å². The third kappa shape index (κ3) is 6.12. The smallest absolute Gasteiger partial charge is 0.270 e. The summed E-state index contributed by atoms with van der Waals surface area (Å²) in [6.07, 6.45) is 3.89. The summed E-state index contributed by atoms with van der Waals surface area (Å²) in [6.45, 7) is 4.18. The number of rotatable bonds is 7. The van der Waals surface area contributed by atoms with Crippen molar-refractivity contribution in [1.82, 2.24) is 40.8 Å². The summed E-state index contributed by atoms with van der Waals surface area (Å²) in [5, 5.41) is 28.1. The molecule has 3 aromatic rings. The standard InChI is InChI=1S/C23H28N8O3/c1-14-10-17(11-20(25-14)23(34)24-12-19-4-3-5-21(33)27-19)22-28-30-31(29-22)13-16-6-8-18(9-7-16)26-15(2)32/h3-5,10-11,16,18H,6-9,12-13H2,1-2H3,(H,24,34)(H,26,32)(H,27,33)/t16-,18-. The van der Waals surface area contributed by atoms with Gasteiger partial charge in [0.2, 0.25) is 17.6 Å². The molecule has 0 saturated heterocycles. The van der Waals surface area contributed by atoms with E-state index >= 15 is 0 Å². The SMILES string of the molecule is CC(=O)N[C@H]1CC[C@H](Cn2nnc(-c3cc(C)nc(C(=O)NCc4cccc(O)n4)c3)n2)CC1. The molecule has 0 unspecified atom stereocenters. The van der Waals surface area contributed by atoms with Crippen molar-refractivity contribution in [2.24, 2.45) is 5.92 Å². The fraction of sp³-hybridized carbons (Fsp3) is 0.435. The first-order valence-corrected chi connectivity index (χ1v) is 11.3. The number of hydrogen-bond donors (Lipinski definition) is 3. The van der Waals surface area contributed by atoms with E-state index in [1.54, 1.807) is 36.8 Å². The number of carbonyl (C=O) groups excluding carboxylic acids is 2. The maximum Gasteiger partial charge on any atom is 0.270 e. The van der Waals surface area contributed by atoms with Gasteiger partial charge in [-0.15, -0.1) is 10.2 Å². The third-order valence-electron chi connectivity index (χ3n) is 5.79. The molecule has 3 N–H and O–H groups in total. The molecular weight excluding hydrogens is 436 g/mol. The number of pyridine rings is 2. The molecule has 34 heavy (non-hydrogen) atoms. The van der Waals surface area contributed by atoms with Gasteiger partial charge in [0.25, 0.3) is 5.91 Å². The number of nitrogens with one attached hydrogen (secondary N) is 2. The average Bonchev–Trinajstić information content (AvgIpc) is 3.27. The first kappa shape index (κ1) is 23.3. The molecule has 3 heterocycles. The molecule has 4 rings (SSSR count). The van der Waals surface area contributed by atoms with Gasteiger partial charge in [-0.1, -0.05) is 6.07 Å². The Bertz CT molecular complexity index is 1170. The molecular formula is C23H28N8O3. The zero-order valence-corrected chi connectivity index (χ0v) is 19.2. The zero-order chi connectivity index (χ0) is 24.1. The fourth-order valence-electron chi connectivity index (χ4n) is 4.18. The van der Waals surface area contributed by atoms with Crippen LogP contribution in [0.1, 0.15) is 54.5 Å². The van der Waals surface area contributed by atoms with Crippen LogP contribution in [0.5, 0.6) is 5.88 Å². The van der Waals surface area contributed by atoms with Crippen molar-refractivity contribution in [3.8, 4) is 17.3 Å². The van der Waals surface area contributed by atoms with Crippen molar-refractivity contribution >= 4 is 11.8 Å². The van der Waals surface area contributed by atoms with Crippen LogP contribution in [-0.4, -0.2) is 53.1 Å². The Morgan fingerprint density at radius 3 is 2.68 bits per heavy atom. The van der Waals surface area contributed by atoms with E-state index in [-0.39, 0.29) is 36.0 Å². The van der Waals surface area contributed by atoms with Gasteiger partial charge in [-0.25, -0.2) is 9.97 Å². The van der Waals surface area contributed by atoms with Gasteiger partial charge in [0.15, 0.2) is 0 Å². The Morgan fingerprint density at radius 2 is 1.94 bits per heavy atom. The van der Waals surface area contributed by atoms with Crippen LogP contribution in [-0.2, 0) is 17.9 Å². The molecule has 1 fully saturated rings. The second kappa shape index (κ2) is 10.4. The number of nitrogens with zero attached hydrogens (tertiary/aromatic N) is 6. The molecule has 0 bridgehead atoms. The van der Waals surface area contributed by atoms with Gasteiger partial charge < -0.3 is 15.7 Å². The minimum absolute atomic E-state index is 0.0164. The normalized spacial score (nSPS) is 17.8. The van der Waals surface area contributed by atoms with Crippen LogP contribution in [0.2, 0.25) is 0 Å². The van der Waals surface area contributed by atoms with Crippen molar-refractivity contribution in [1.29, 1.82) is 0 Å². The molecule has 0 atom stereocenters. The maximum atomic E-state index is 12.6. The van der Waals surface area contributed by atoms with E-state index in [1.165, 1.54) is 6.07 Å². The second-order valence-corrected chi connectivity index (χ2v) is 8.64. The highest BCUT2D eigenvalue weighted by molar-refractivity contribution is 5.93. The lowest BCUT2D eigenvalue weighted by molar-refractivity contribution is -0.119. The first-order valence-electron chi connectivity index (χ1n) is 11.3. The molecule has 11 heteroatoms. The van der Waals surface area contributed by atoms with Gasteiger partial charge in [-0.2, -0.15) is 4.80 Å². The quantitative estimate of drug-likeness (QED) is 0.479. The van der Waals surface area contributed by atoms with Crippen LogP contribution < -0.4 is 10.6 Å². The van der Waals surface area contributed by atoms with E-state index in [2.05, 4.69) is 36.0 Å². The minimum atomic E-state index is -0.363. The second-order valence-electron chi connectivity index (χ2n) is 8.64. The van der Waals surface area contributed by atoms with Crippen molar-refractivity contribution in [3.05, 3.63) is 47.4 Å². The summed E-state index contributed by atoms with van der Waals surface area (Å²) < 4.78 is 0. The predicted molar refractivity (Wildman–Crippen MR) is 122 cm³/mol. The molecule has 1 saturated carbocycles. The highest BCUT2D eigenvalue weighted by atomic mass is 16.3. The topological polar surface area (TPSA) is 148 Å². The van der Waals surface area contributed by atoms with Crippen LogP contribution in [0.4, 0.5) is 0 Å². The van der Waals surface area contributed by atoms with E-state index in [9.17, 15) is 14.7 Å². The monoisotopic (exact) mass is 464 g/mol. The average molecular weight is 465 g/mol. The van der Waals surface area contributed by atoms with Crippen LogP contribution in [0.25, 0.3) is 11.4 Å². The van der Waals surface area contributed by atoms with Gasteiger partial charge >= 0.3 is 0 Å². The van der Waals surface area contributed by atoms with Gasteiger partial charge in [0.05, 0.1) is 18.8 Å². The summed E-state index contributed by atoms with van der Waals surface area (Å²) in [7, 11) is 0. The van der Waals surface area contributed by atoms with E-state index < -0.39 is 0 Å². The van der Waals surface area contributed by atoms with Gasteiger partial charge in [0.1, 0.15) is 5.69 Å². The predicted octanol–water partition coefficient (Wildman–Crippen LogP) is 1.77. The Kier molecular flexibility index (Phi) is 7.09. The molecule has 11 nitrogen and oxygen atoms in total. The number of aryl methyl sites for hydroxylation is 1. The van der Waals surface area contributed by atoms with Crippen LogP contribution >= 0.6 is 0 Å². The molecule has 0 aromatic carbocycles. The van der Waals surface area contributed by atoms with Crippen molar-refractivity contribution < 1.29 is 14.7 Å². The highest BCUT2D eigenvalue weighted by Crippen LogP contribution is 2.25. The molecule has 3 aromatic heterocycles. The third-order valence-corrected chi connectivity index (χ3v) is 5.79.